The van der Waals surface area contributed by atoms with Gasteiger partial charge in [0.05, 0.1) is 0 Å². The van der Waals surface area contributed by atoms with Crippen LogP contribution >= 0.6 is 0 Å². The van der Waals surface area contributed by atoms with Crippen LogP contribution in [0.1, 0.15) is 86.0 Å². The molecule has 0 aromatic rings. The Balaban J connectivity index is 0. The molecule has 118 valence electrons. The van der Waals surface area contributed by atoms with E-state index in [2.05, 4.69) is 34.6 Å². The minimum Gasteiger partial charge on any atom is -0.0967 e. The number of unbranched alkanes of at least 4 members (excludes halogenated alkanes) is 6. The normalized spacial score (nSPS) is 9.65. The largest absolute Gasteiger partial charge is 0.261 e. The summed E-state index contributed by atoms with van der Waals surface area (Å²) < 4.78 is 0. The molecule has 0 nitrogen and oxygen atoms in total. The monoisotopic (exact) mass is 348 g/mol. The van der Waals surface area contributed by atoms with E-state index in [1.807, 2.05) is 0 Å². The van der Waals surface area contributed by atoms with Crippen molar-refractivity contribution in [1.82, 2.24) is 0 Å². The Bertz CT molecular complexity index is 131. The maximum absolute atomic E-state index is 2.32. The van der Waals surface area contributed by atoms with Gasteiger partial charge in [-0.05, 0) is 0 Å². The SMILES string of the molecule is CCCCC[CH2][Zn][CH2]CCCCC.C[CH2][Al]([CH2]C)[CH2]C. The molecule has 0 unspecified atom stereocenters. The Hall–Kier alpha value is 1.16. The minimum absolute atomic E-state index is 0.0381. The van der Waals surface area contributed by atoms with E-state index < -0.39 is 0 Å². The fourth-order valence-electron chi connectivity index (χ4n) is 2.60. The third-order valence-electron chi connectivity index (χ3n) is 4.44. The van der Waals surface area contributed by atoms with Crippen molar-refractivity contribution in [3.8, 4) is 0 Å². The van der Waals surface area contributed by atoms with Crippen molar-refractivity contribution in [1.29, 1.82) is 0 Å². The predicted molar refractivity (Wildman–Crippen MR) is 95.1 cm³/mol. The van der Waals surface area contributed by atoms with Gasteiger partial charge in [-0.2, -0.15) is 0 Å². The Morgan fingerprint density at radius 3 is 1.20 bits per heavy atom. The number of hydrogen-bond acceptors (Lipinski definition) is 0. The smallest absolute Gasteiger partial charge is 0.0967 e. The molecular weight excluding hydrogens is 309 g/mol. The minimum atomic E-state index is -0.171. The molecule has 20 heavy (non-hydrogen) atoms. The van der Waals surface area contributed by atoms with Crippen molar-refractivity contribution in [3.05, 3.63) is 0 Å². The second-order valence-electron chi connectivity index (χ2n) is 6.27. The molecule has 0 aliphatic carbocycles. The van der Waals surface area contributed by atoms with Gasteiger partial charge in [0.1, 0.15) is 0 Å². The van der Waals surface area contributed by atoms with Gasteiger partial charge in [0.15, 0.2) is 0 Å². The van der Waals surface area contributed by atoms with Crippen LogP contribution in [-0.4, -0.2) is 14.1 Å². The zero-order valence-electron chi connectivity index (χ0n) is 15.5. The van der Waals surface area contributed by atoms with Gasteiger partial charge in [-0.3, -0.25) is 0 Å². The molecule has 0 atom stereocenters. The van der Waals surface area contributed by atoms with Crippen LogP contribution in [0.5, 0.6) is 0 Å². The molecular formula is C18H41AlZn. The van der Waals surface area contributed by atoms with E-state index in [9.17, 15) is 0 Å². The Labute approximate surface area is 142 Å². The van der Waals surface area contributed by atoms with Crippen LogP contribution in [0.3, 0.4) is 0 Å². The topological polar surface area (TPSA) is 0 Å². The van der Waals surface area contributed by atoms with Crippen molar-refractivity contribution in [2.45, 2.75) is 112 Å². The Morgan fingerprint density at radius 2 is 0.950 bits per heavy atom. The summed E-state index contributed by atoms with van der Waals surface area (Å²) in [6.45, 7) is 11.6. The summed E-state index contributed by atoms with van der Waals surface area (Å²) in [5.41, 5.74) is 0. The summed E-state index contributed by atoms with van der Waals surface area (Å²) in [5, 5.41) is 7.81. The Kier molecular flexibility index (Phi) is 26.3. The molecule has 0 radical (unpaired) electrons. The molecule has 0 aliphatic heterocycles. The molecule has 0 saturated carbocycles. The van der Waals surface area contributed by atoms with E-state index in [4.69, 9.17) is 0 Å². The van der Waals surface area contributed by atoms with Crippen LogP contribution in [-0.2, 0) is 17.1 Å². The molecule has 0 saturated heterocycles. The van der Waals surface area contributed by atoms with E-state index in [0.29, 0.717) is 0 Å². The maximum atomic E-state index is 2.32. The van der Waals surface area contributed by atoms with Crippen molar-refractivity contribution in [2.75, 3.05) is 0 Å². The first-order valence-corrected chi connectivity index (χ1v) is 16.4. The van der Waals surface area contributed by atoms with E-state index in [1.165, 1.54) is 54.4 Å². The van der Waals surface area contributed by atoms with Crippen LogP contribution in [0, 0.1) is 0 Å². The molecule has 2 heteroatoms. The van der Waals surface area contributed by atoms with Crippen LogP contribution < -0.4 is 0 Å². The van der Waals surface area contributed by atoms with E-state index >= 15 is 0 Å². The van der Waals surface area contributed by atoms with Gasteiger partial charge >= 0.3 is 92.4 Å². The van der Waals surface area contributed by atoms with Gasteiger partial charge in [-0.15, -0.1) is 0 Å². The molecule has 0 rings (SSSR count). The summed E-state index contributed by atoms with van der Waals surface area (Å²) in [4.78, 5) is 0. The zero-order valence-corrected chi connectivity index (χ0v) is 19.6. The molecule has 0 fully saturated rings. The van der Waals surface area contributed by atoms with Gasteiger partial charge in [-0.1, -0.05) is 36.6 Å². The summed E-state index contributed by atoms with van der Waals surface area (Å²) in [6, 6.07) is 0. The van der Waals surface area contributed by atoms with Gasteiger partial charge in [0.2, 0.25) is 0 Å². The van der Waals surface area contributed by atoms with Crippen LogP contribution in [0.25, 0.3) is 0 Å². The first kappa shape index (κ1) is 23.4. The molecule has 0 amide bonds. The van der Waals surface area contributed by atoms with Gasteiger partial charge in [0, 0.05) is 0 Å². The van der Waals surface area contributed by atoms with Crippen LogP contribution in [0.15, 0.2) is 0 Å². The van der Waals surface area contributed by atoms with Gasteiger partial charge < -0.3 is 0 Å². The quantitative estimate of drug-likeness (QED) is 0.237. The van der Waals surface area contributed by atoms with Gasteiger partial charge in [-0.25, -0.2) is 0 Å². The van der Waals surface area contributed by atoms with E-state index in [1.54, 1.807) is 22.9 Å². The van der Waals surface area contributed by atoms with Crippen molar-refractivity contribution >= 4 is 14.1 Å². The molecule has 0 aliphatic rings. The summed E-state index contributed by atoms with van der Waals surface area (Å²) in [6.07, 6.45) is 11.9. The average molecular weight is 350 g/mol. The summed E-state index contributed by atoms with van der Waals surface area (Å²) >= 11 is -0.209. The molecule has 0 aromatic carbocycles. The summed E-state index contributed by atoms with van der Waals surface area (Å²) in [7, 11) is 0. The van der Waals surface area contributed by atoms with Gasteiger partial charge in [0.25, 0.3) is 14.1 Å². The predicted octanol–water partition coefficient (Wildman–Crippen LogP) is 7.61. The standard InChI is InChI=1S/2C6H13.3C2H5.Al.Zn/c2*1-3-5-6-4-2;3*1-2;;/h2*1,3-6H2,2H3;3*1H2,2H3;;. The van der Waals surface area contributed by atoms with Crippen molar-refractivity contribution in [3.63, 3.8) is 0 Å². The van der Waals surface area contributed by atoms with E-state index in [0.717, 1.165) is 0 Å². The average Bonchev–Trinajstić information content (AvgIpc) is 2.48. The van der Waals surface area contributed by atoms with Crippen molar-refractivity contribution in [2.24, 2.45) is 0 Å². The number of hydrogen-bond donors (Lipinski definition) is 0. The molecule has 0 heterocycles. The molecule has 0 aromatic heterocycles. The third-order valence-corrected chi connectivity index (χ3v) is 12.1. The van der Waals surface area contributed by atoms with E-state index in [-0.39, 0.29) is 31.3 Å². The summed E-state index contributed by atoms with van der Waals surface area (Å²) in [5.74, 6) is 0. The third kappa shape index (κ3) is 21.5. The zero-order chi connectivity index (χ0) is 15.5. The van der Waals surface area contributed by atoms with Crippen molar-refractivity contribution < 1.29 is 17.1 Å². The fraction of sp³-hybridized carbons (Fsp3) is 1.00. The van der Waals surface area contributed by atoms with Crippen LogP contribution in [0.2, 0.25) is 25.9 Å². The first-order valence-electron chi connectivity index (χ1n) is 9.76. The number of rotatable bonds is 13. The van der Waals surface area contributed by atoms with Crippen LogP contribution in [0.4, 0.5) is 0 Å². The molecule has 0 bridgehead atoms. The molecule has 0 spiro atoms. The Morgan fingerprint density at radius 1 is 0.550 bits per heavy atom. The second-order valence-corrected chi connectivity index (χ2v) is 14.9. The first-order chi connectivity index (χ1) is 9.76. The molecule has 0 N–H and O–H groups in total. The fourth-order valence-corrected chi connectivity index (χ4v) is 8.04. The maximum Gasteiger partial charge on any atom is 0.261 e. The second kappa shape index (κ2) is 22.4.